The highest BCUT2D eigenvalue weighted by Crippen LogP contribution is 2.11. The first-order valence-corrected chi connectivity index (χ1v) is 9.70. The molecule has 3 heteroatoms. The molecule has 0 aliphatic rings. The third-order valence-corrected chi connectivity index (χ3v) is 4.22. The number of benzene rings is 1. The second kappa shape index (κ2) is 14.0. The quantitative estimate of drug-likeness (QED) is 0.229. The Morgan fingerprint density at radius 1 is 0.792 bits per heavy atom. The minimum atomic E-state index is -0.404. The average molecular weight is 335 g/mol. The third-order valence-electron chi connectivity index (χ3n) is 4.22. The van der Waals surface area contributed by atoms with Crippen molar-refractivity contribution in [2.75, 3.05) is 6.61 Å². The van der Waals surface area contributed by atoms with Crippen LogP contribution in [-0.4, -0.2) is 12.6 Å². The van der Waals surface area contributed by atoms with E-state index in [4.69, 9.17) is 9.78 Å². The molecule has 0 spiro atoms. The van der Waals surface area contributed by atoms with Gasteiger partial charge in [-0.1, -0.05) is 77.3 Å². The molecule has 1 aromatic rings. The Labute approximate surface area is 147 Å². The van der Waals surface area contributed by atoms with Crippen molar-refractivity contribution >= 4 is 5.97 Å². The van der Waals surface area contributed by atoms with Gasteiger partial charge in [0, 0.05) is 0 Å². The predicted molar refractivity (Wildman–Crippen MR) is 99.0 cm³/mol. The Hall–Kier alpha value is -1.35. The van der Waals surface area contributed by atoms with Crippen molar-refractivity contribution in [1.29, 1.82) is 0 Å². The van der Waals surface area contributed by atoms with Gasteiger partial charge >= 0.3 is 5.97 Å². The lowest BCUT2D eigenvalue weighted by molar-refractivity contribution is -0.241. The Balaban J connectivity index is 2.14. The Bertz CT molecular complexity index is 425. The van der Waals surface area contributed by atoms with E-state index >= 15 is 0 Å². The molecule has 0 heterocycles. The number of aryl methyl sites for hydroxylation is 1. The van der Waals surface area contributed by atoms with Crippen molar-refractivity contribution in [2.45, 2.75) is 84.5 Å². The van der Waals surface area contributed by atoms with Crippen LogP contribution in [0, 0.1) is 0 Å². The van der Waals surface area contributed by atoms with Crippen LogP contribution in [0.25, 0.3) is 0 Å². The summed E-state index contributed by atoms with van der Waals surface area (Å²) in [7, 11) is 0. The smallest absolute Gasteiger partial charge is 0.293 e. The zero-order valence-electron chi connectivity index (χ0n) is 15.5. The van der Waals surface area contributed by atoms with Crippen LogP contribution in [0.3, 0.4) is 0 Å². The maximum atomic E-state index is 11.9. The molecule has 3 nitrogen and oxygen atoms in total. The summed E-state index contributed by atoms with van der Waals surface area (Å²) < 4.78 is 0. The number of carbonyl (C=O) groups excluding carboxylic acids is 1. The standard InChI is InChI=1S/C21H34O3/c1-3-5-7-9-10-12-18-23-24-21(22)20-16-14-19(15-17-20)13-11-8-6-4-2/h14-17H,3-13,18H2,1-2H3. The Morgan fingerprint density at radius 3 is 2.04 bits per heavy atom. The monoisotopic (exact) mass is 334 g/mol. The first-order chi connectivity index (χ1) is 11.8. The van der Waals surface area contributed by atoms with E-state index in [0.717, 1.165) is 19.3 Å². The summed E-state index contributed by atoms with van der Waals surface area (Å²) >= 11 is 0. The maximum absolute atomic E-state index is 11.9. The fraction of sp³-hybridized carbons (Fsp3) is 0.667. The molecule has 0 unspecified atom stereocenters. The average Bonchev–Trinajstić information content (AvgIpc) is 2.61. The number of hydrogen-bond donors (Lipinski definition) is 0. The lowest BCUT2D eigenvalue weighted by Gasteiger charge is -2.05. The largest absolute Gasteiger partial charge is 0.373 e. The number of unbranched alkanes of at least 4 members (excludes halogenated alkanes) is 8. The van der Waals surface area contributed by atoms with Crippen molar-refractivity contribution in [3.63, 3.8) is 0 Å². The summed E-state index contributed by atoms with van der Waals surface area (Å²) in [5, 5.41) is 0. The second-order valence-corrected chi connectivity index (χ2v) is 6.47. The molecule has 136 valence electrons. The molecule has 1 rings (SSSR count). The summed E-state index contributed by atoms with van der Waals surface area (Å²) in [5.74, 6) is -0.404. The summed E-state index contributed by atoms with van der Waals surface area (Å²) in [6.07, 6.45) is 13.2. The van der Waals surface area contributed by atoms with Crippen LogP contribution in [0.5, 0.6) is 0 Å². The van der Waals surface area contributed by atoms with E-state index in [-0.39, 0.29) is 0 Å². The molecule has 0 radical (unpaired) electrons. The zero-order valence-corrected chi connectivity index (χ0v) is 15.5. The first-order valence-electron chi connectivity index (χ1n) is 9.70. The number of carbonyl (C=O) groups is 1. The fourth-order valence-corrected chi connectivity index (χ4v) is 2.65. The van der Waals surface area contributed by atoms with Crippen LogP contribution < -0.4 is 0 Å². The molecular weight excluding hydrogens is 300 g/mol. The highest BCUT2D eigenvalue weighted by Gasteiger charge is 2.08. The highest BCUT2D eigenvalue weighted by atomic mass is 17.2. The van der Waals surface area contributed by atoms with Gasteiger partial charge in [-0.2, -0.15) is 4.89 Å². The van der Waals surface area contributed by atoms with Gasteiger partial charge in [0.25, 0.3) is 0 Å². The van der Waals surface area contributed by atoms with Crippen molar-refractivity contribution < 1.29 is 14.6 Å². The van der Waals surface area contributed by atoms with Gasteiger partial charge in [0.2, 0.25) is 0 Å². The van der Waals surface area contributed by atoms with E-state index in [1.165, 1.54) is 56.9 Å². The number of rotatable bonds is 14. The molecule has 0 saturated carbocycles. The first kappa shape index (κ1) is 20.7. The van der Waals surface area contributed by atoms with Crippen LogP contribution >= 0.6 is 0 Å². The summed E-state index contributed by atoms with van der Waals surface area (Å²) in [6, 6.07) is 7.67. The second-order valence-electron chi connectivity index (χ2n) is 6.47. The molecule has 0 bridgehead atoms. The van der Waals surface area contributed by atoms with Crippen molar-refractivity contribution in [2.24, 2.45) is 0 Å². The van der Waals surface area contributed by atoms with Crippen LogP contribution in [0.1, 0.15) is 94.0 Å². The van der Waals surface area contributed by atoms with E-state index in [2.05, 4.69) is 13.8 Å². The van der Waals surface area contributed by atoms with Gasteiger partial charge in [0.05, 0.1) is 12.2 Å². The zero-order chi connectivity index (χ0) is 17.5. The van der Waals surface area contributed by atoms with Crippen molar-refractivity contribution in [3.05, 3.63) is 35.4 Å². The van der Waals surface area contributed by atoms with Crippen molar-refractivity contribution in [3.8, 4) is 0 Å². The van der Waals surface area contributed by atoms with E-state index in [9.17, 15) is 4.79 Å². The lowest BCUT2D eigenvalue weighted by atomic mass is 10.0. The van der Waals surface area contributed by atoms with E-state index in [1.807, 2.05) is 24.3 Å². The third kappa shape index (κ3) is 9.71. The molecule has 0 aliphatic heterocycles. The van der Waals surface area contributed by atoms with Crippen LogP contribution in [0.15, 0.2) is 24.3 Å². The highest BCUT2D eigenvalue weighted by molar-refractivity contribution is 5.88. The molecule has 0 fully saturated rings. The molecule has 0 N–H and O–H groups in total. The molecule has 0 saturated heterocycles. The maximum Gasteiger partial charge on any atom is 0.373 e. The van der Waals surface area contributed by atoms with E-state index in [0.29, 0.717) is 12.2 Å². The van der Waals surface area contributed by atoms with Gasteiger partial charge < -0.3 is 0 Å². The SMILES string of the molecule is CCCCCCCCOOC(=O)c1ccc(CCCCCC)cc1. The normalized spacial score (nSPS) is 10.8. The van der Waals surface area contributed by atoms with Gasteiger partial charge in [-0.25, -0.2) is 4.79 Å². The van der Waals surface area contributed by atoms with Crippen LogP contribution in [0.4, 0.5) is 0 Å². The Morgan fingerprint density at radius 2 is 1.38 bits per heavy atom. The summed E-state index contributed by atoms with van der Waals surface area (Å²) in [5.41, 5.74) is 1.82. The fourth-order valence-electron chi connectivity index (χ4n) is 2.65. The van der Waals surface area contributed by atoms with Crippen LogP contribution in [0.2, 0.25) is 0 Å². The molecule has 0 aromatic heterocycles. The molecular formula is C21H34O3. The van der Waals surface area contributed by atoms with Gasteiger partial charge in [-0.3, -0.25) is 4.89 Å². The van der Waals surface area contributed by atoms with Crippen molar-refractivity contribution in [1.82, 2.24) is 0 Å². The van der Waals surface area contributed by atoms with Crippen LogP contribution in [-0.2, 0) is 16.2 Å². The number of hydrogen-bond acceptors (Lipinski definition) is 3. The van der Waals surface area contributed by atoms with Gasteiger partial charge in [-0.15, -0.1) is 0 Å². The predicted octanol–water partition coefficient (Wildman–Crippen LogP) is 6.26. The Kier molecular flexibility index (Phi) is 12.1. The van der Waals surface area contributed by atoms with E-state index in [1.54, 1.807) is 0 Å². The topological polar surface area (TPSA) is 35.5 Å². The summed E-state index contributed by atoms with van der Waals surface area (Å²) in [6.45, 7) is 4.91. The van der Waals surface area contributed by atoms with Gasteiger partial charge in [0.15, 0.2) is 0 Å². The minimum absolute atomic E-state index is 0.404. The lowest BCUT2D eigenvalue weighted by Crippen LogP contribution is -2.07. The van der Waals surface area contributed by atoms with Gasteiger partial charge in [-0.05, 0) is 37.0 Å². The van der Waals surface area contributed by atoms with Gasteiger partial charge in [0.1, 0.15) is 0 Å². The molecule has 1 aromatic carbocycles. The minimum Gasteiger partial charge on any atom is -0.293 e. The molecule has 0 atom stereocenters. The van der Waals surface area contributed by atoms with E-state index < -0.39 is 5.97 Å². The summed E-state index contributed by atoms with van der Waals surface area (Å²) in [4.78, 5) is 21.8. The molecule has 0 aliphatic carbocycles. The molecule has 24 heavy (non-hydrogen) atoms. The molecule has 0 amide bonds.